The number of aryl methyl sites for hydroxylation is 1. The summed E-state index contributed by atoms with van der Waals surface area (Å²) in [5, 5.41) is 7.25. The molecule has 0 bridgehead atoms. The number of benzene rings is 2. The van der Waals surface area contributed by atoms with Gasteiger partial charge in [-0.15, -0.1) is 0 Å². The molecule has 0 saturated heterocycles. The van der Waals surface area contributed by atoms with Crippen LogP contribution in [0, 0.1) is 0 Å². The fourth-order valence-corrected chi connectivity index (χ4v) is 3.57. The minimum atomic E-state index is 0.199. The lowest BCUT2D eigenvalue weighted by atomic mass is 9.87. The summed E-state index contributed by atoms with van der Waals surface area (Å²) in [5.41, 5.74) is 3.46. The largest absolute Gasteiger partial charge is 0.497 e. The van der Waals surface area contributed by atoms with Gasteiger partial charge in [-0.2, -0.15) is 0 Å². The van der Waals surface area contributed by atoms with Gasteiger partial charge in [0.1, 0.15) is 5.75 Å². The molecule has 1 atom stereocenters. The van der Waals surface area contributed by atoms with Crippen LogP contribution in [0.3, 0.4) is 0 Å². The highest BCUT2D eigenvalue weighted by Gasteiger charge is 2.21. The second-order valence-corrected chi connectivity index (χ2v) is 6.59. The number of methoxy groups -OCH3 is 3. The van der Waals surface area contributed by atoms with Crippen molar-refractivity contribution < 1.29 is 14.2 Å². The van der Waals surface area contributed by atoms with Crippen LogP contribution in [0.25, 0.3) is 0 Å². The van der Waals surface area contributed by atoms with Crippen molar-refractivity contribution in [2.24, 2.45) is 0 Å². The number of hydrogen-bond acceptors (Lipinski definition) is 4. The van der Waals surface area contributed by atoms with Gasteiger partial charge in [0.2, 0.25) is 0 Å². The predicted molar refractivity (Wildman–Crippen MR) is 108 cm³/mol. The molecule has 2 aromatic carbocycles. The third-order valence-electron chi connectivity index (χ3n) is 4.61. The Bertz CT molecular complexity index is 795. The monoisotopic (exact) mass is 372 g/mol. The average Bonchev–Trinajstić information content (AvgIpc) is 2.67. The number of rotatable bonds is 5. The maximum Gasteiger partial charge on any atom is 0.171 e. The van der Waals surface area contributed by atoms with E-state index in [1.54, 1.807) is 21.3 Å². The molecule has 0 saturated carbocycles. The molecule has 138 valence electrons. The highest BCUT2D eigenvalue weighted by atomic mass is 32.1. The zero-order valence-electron chi connectivity index (χ0n) is 15.3. The first kappa shape index (κ1) is 18.3. The molecular weight excluding hydrogens is 348 g/mol. The van der Waals surface area contributed by atoms with E-state index in [0.29, 0.717) is 16.6 Å². The molecule has 5 nitrogen and oxygen atoms in total. The minimum absolute atomic E-state index is 0.199. The van der Waals surface area contributed by atoms with Crippen molar-refractivity contribution in [3.05, 3.63) is 47.5 Å². The zero-order chi connectivity index (χ0) is 18.5. The summed E-state index contributed by atoms with van der Waals surface area (Å²) in [6.45, 7) is 0. The van der Waals surface area contributed by atoms with E-state index in [1.165, 1.54) is 11.1 Å². The molecule has 0 aliphatic heterocycles. The molecular formula is C20H24N2O3S. The van der Waals surface area contributed by atoms with Crippen LogP contribution in [-0.4, -0.2) is 26.4 Å². The SMILES string of the molecule is COc1ccc2c(c1)CCC[C@H]2NC(=S)Nc1ccc(OC)c(OC)c1. The van der Waals surface area contributed by atoms with Gasteiger partial charge in [-0.05, 0) is 66.9 Å². The summed E-state index contributed by atoms with van der Waals surface area (Å²) < 4.78 is 15.9. The fourth-order valence-electron chi connectivity index (χ4n) is 3.31. The van der Waals surface area contributed by atoms with Gasteiger partial charge in [-0.25, -0.2) is 0 Å². The van der Waals surface area contributed by atoms with Gasteiger partial charge < -0.3 is 24.8 Å². The lowest BCUT2D eigenvalue weighted by Gasteiger charge is -2.28. The number of fused-ring (bicyclic) bond motifs is 1. The van der Waals surface area contributed by atoms with Gasteiger partial charge in [0.15, 0.2) is 16.6 Å². The summed E-state index contributed by atoms with van der Waals surface area (Å²) in [5.74, 6) is 2.25. The summed E-state index contributed by atoms with van der Waals surface area (Å²) in [4.78, 5) is 0. The number of thiocarbonyl (C=S) groups is 1. The number of hydrogen-bond donors (Lipinski definition) is 2. The van der Waals surface area contributed by atoms with E-state index < -0.39 is 0 Å². The van der Waals surface area contributed by atoms with E-state index in [0.717, 1.165) is 30.7 Å². The highest BCUT2D eigenvalue weighted by Crippen LogP contribution is 2.33. The third kappa shape index (κ3) is 4.02. The Morgan fingerprint density at radius 1 is 1.00 bits per heavy atom. The molecule has 0 aromatic heterocycles. The predicted octanol–water partition coefficient (Wildman–Crippen LogP) is 4.08. The minimum Gasteiger partial charge on any atom is -0.497 e. The molecule has 0 amide bonds. The molecule has 6 heteroatoms. The number of ether oxygens (including phenoxy) is 3. The zero-order valence-corrected chi connectivity index (χ0v) is 16.1. The second kappa shape index (κ2) is 8.27. The van der Waals surface area contributed by atoms with Crippen molar-refractivity contribution in [1.82, 2.24) is 5.32 Å². The Balaban J connectivity index is 1.70. The van der Waals surface area contributed by atoms with Crippen molar-refractivity contribution in [3.63, 3.8) is 0 Å². The maximum atomic E-state index is 5.52. The number of nitrogens with one attached hydrogen (secondary N) is 2. The summed E-state index contributed by atoms with van der Waals surface area (Å²) in [7, 11) is 4.93. The molecule has 1 aliphatic rings. The topological polar surface area (TPSA) is 51.8 Å². The fraction of sp³-hybridized carbons (Fsp3) is 0.350. The Kier molecular flexibility index (Phi) is 5.83. The average molecular weight is 372 g/mol. The number of anilines is 1. The highest BCUT2D eigenvalue weighted by molar-refractivity contribution is 7.80. The van der Waals surface area contributed by atoms with Crippen molar-refractivity contribution in [2.75, 3.05) is 26.6 Å². The van der Waals surface area contributed by atoms with Gasteiger partial charge in [0.05, 0.1) is 27.4 Å². The van der Waals surface area contributed by atoms with Crippen LogP contribution in [-0.2, 0) is 6.42 Å². The van der Waals surface area contributed by atoms with Crippen molar-refractivity contribution in [2.45, 2.75) is 25.3 Å². The van der Waals surface area contributed by atoms with Crippen LogP contribution in [0.5, 0.6) is 17.2 Å². The molecule has 3 rings (SSSR count). The van der Waals surface area contributed by atoms with Gasteiger partial charge in [-0.3, -0.25) is 0 Å². The molecule has 26 heavy (non-hydrogen) atoms. The Labute approximate surface area is 159 Å². The third-order valence-corrected chi connectivity index (χ3v) is 4.83. The normalized spacial score (nSPS) is 15.6. The van der Waals surface area contributed by atoms with Crippen LogP contribution in [0.1, 0.15) is 30.0 Å². The van der Waals surface area contributed by atoms with Crippen molar-refractivity contribution in [3.8, 4) is 17.2 Å². The van der Waals surface area contributed by atoms with Crippen LogP contribution < -0.4 is 24.8 Å². The molecule has 0 fully saturated rings. The molecule has 2 aromatic rings. The first-order chi connectivity index (χ1) is 12.6. The Hall–Kier alpha value is -2.47. The van der Waals surface area contributed by atoms with Crippen molar-refractivity contribution >= 4 is 23.0 Å². The van der Waals surface area contributed by atoms with E-state index >= 15 is 0 Å². The van der Waals surface area contributed by atoms with Gasteiger partial charge >= 0.3 is 0 Å². The van der Waals surface area contributed by atoms with E-state index in [9.17, 15) is 0 Å². The first-order valence-electron chi connectivity index (χ1n) is 8.61. The van der Waals surface area contributed by atoms with Crippen LogP contribution in [0.15, 0.2) is 36.4 Å². The quantitative estimate of drug-likeness (QED) is 0.772. The van der Waals surface area contributed by atoms with E-state index in [-0.39, 0.29) is 6.04 Å². The molecule has 0 unspecified atom stereocenters. The molecule has 2 N–H and O–H groups in total. The molecule has 0 radical (unpaired) electrons. The molecule has 0 spiro atoms. The summed E-state index contributed by atoms with van der Waals surface area (Å²) >= 11 is 5.52. The van der Waals surface area contributed by atoms with E-state index in [1.807, 2.05) is 24.3 Å². The first-order valence-corrected chi connectivity index (χ1v) is 9.01. The van der Waals surface area contributed by atoms with Gasteiger partial charge in [0.25, 0.3) is 0 Å². The van der Waals surface area contributed by atoms with Crippen LogP contribution in [0.2, 0.25) is 0 Å². The second-order valence-electron chi connectivity index (χ2n) is 6.18. The van der Waals surface area contributed by atoms with Crippen LogP contribution in [0.4, 0.5) is 5.69 Å². The van der Waals surface area contributed by atoms with Crippen molar-refractivity contribution in [1.29, 1.82) is 0 Å². The Morgan fingerprint density at radius 2 is 1.81 bits per heavy atom. The molecule has 1 aliphatic carbocycles. The molecule has 0 heterocycles. The summed E-state index contributed by atoms with van der Waals surface area (Å²) in [6, 6.07) is 12.1. The van der Waals surface area contributed by atoms with E-state index in [4.69, 9.17) is 26.4 Å². The maximum absolute atomic E-state index is 5.52. The van der Waals surface area contributed by atoms with Gasteiger partial charge in [-0.1, -0.05) is 6.07 Å². The lowest BCUT2D eigenvalue weighted by Crippen LogP contribution is -2.34. The van der Waals surface area contributed by atoms with E-state index in [2.05, 4.69) is 22.8 Å². The summed E-state index contributed by atoms with van der Waals surface area (Å²) in [6.07, 6.45) is 3.24. The van der Waals surface area contributed by atoms with Gasteiger partial charge in [0, 0.05) is 11.8 Å². The lowest BCUT2D eigenvalue weighted by molar-refractivity contribution is 0.355. The van der Waals surface area contributed by atoms with Crippen LogP contribution >= 0.6 is 12.2 Å². The smallest absolute Gasteiger partial charge is 0.171 e. The Morgan fingerprint density at radius 3 is 2.54 bits per heavy atom. The standard InChI is InChI=1S/C20H24N2O3S/c1-23-15-8-9-16-13(11-15)5-4-6-17(16)22-20(26)21-14-7-10-18(24-2)19(12-14)25-3/h7-12,17H,4-6H2,1-3H3,(H2,21,22,26)/t17-/m1/s1.